The summed E-state index contributed by atoms with van der Waals surface area (Å²) in [7, 11) is 1.49. The van der Waals surface area contributed by atoms with E-state index in [1.807, 2.05) is 32.9 Å². The lowest BCUT2D eigenvalue weighted by Gasteiger charge is -2.12. The standard InChI is InChI=1S/C20H23N3O4S/c1-12-5-7-16(13(2)9-12)21-20(28)23-22-14(3)15-6-8-17(18(10-15)26-4)27-11-19(24)25/h5-10H,11H2,1-4H3,(H,24,25)(H2,21,23,28)/b22-14-. The van der Waals surface area contributed by atoms with Crippen molar-refractivity contribution in [1.82, 2.24) is 5.43 Å². The zero-order valence-electron chi connectivity index (χ0n) is 16.2. The molecule has 0 saturated heterocycles. The Morgan fingerprint density at radius 1 is 1.18 bits per heavy atom. The van der Waals surface area contributed by atoms with E-state index in [0.717, 1.165) is 16.8 Å². The molecule has 2 aromatic carbocycles. The number of carboxylic acids is 1. The Morgan fingerprint density at radius 3 is 2.57 bits per heavy atom. The van der Waals surface area contributed by atoms with Gasteiger partial charge in [0.1, 0.15) is 0 Å². The molecule has 0 radical (unpaired) electrons. The lowest BCUT2D eigenvalue weighted by molar-refractivity contribution is -0.139. The van der Waals surface area contributed by atoms with E-state index in [1.165, 1.54) is 12.7 Å². The summed E-state index contributed by atoms with van der Waals surface area (Å²) in [5.74, 6) is -0.288. The number of rotatable bonds is 7. The summed E-state index contributed by atoms with van der Waals surface area (Å²) in [4.78, 5) is 10.7. The predicted octanol–water partition coefficient (Wildman–Crippen LogP) is 3.49. The highest BCUT2D eigenvalue weighted by atomic mass is 32.1. The molecule has 7 nitrogen and oxygen atoms in total. The second-order valence-electron chi connectivity index (χ2n) is 6.13. The smallest absolute Gasteiger partial charge is 0.341 e. The molecule has 0 fully saturated rings. The Morgan fingerprint density at radius 2 is 1.93 bits per heavy atom. The molecule has 3 N–H and O–H groups in total. The lowest BCUT2D eigenvalue weighted by Crippen LogP contribution is -2.25. The molecular weight excluding hydrogens is 378 g/mol. The first-order chi connectivity index (χ1) is 13.3. The lowest BCUT2D eigenvalue weighted by atomic mass is 10.1. The summed E-state index contributed by atoms with van der Waals surface area (Å²) in [6.45, 7) is 5.42. The van der Waals surface area contributed by atoms with Crippen LogP contribution in [0, 0.1) is 13.8 Å². The van der Waals surface area contributed by atoms with Gasteiger partial charge in [-0.3, -0.25) is 5.43 Å². The molecule has 0 saturated carbocycles. The molecule has 28 heavy (non-hydrogen) atoms. The van der Waals surface area contributed by atoms with E-state index in [9.17, 15) is 4.79 Å². The Labute approximate surface area is 169 Å². The van der Waals surface area contributed by atoms with Gasteiger partial charge >= 0.3 is 5.97 Å². The van der Waals surface area contributed by atoms with Crippen molar-refractivity contribution in [3.05, 3.63) is 53.1 Å². The van der Waals surface area contributed by atoms with Gasteiger partial charge in [0.15, 0.2) is 23.2 Å². The van der Waals surface area contributed by atoms with Gasteiger partial charge in [0.25, 0.3) is 0 Å². The van der Waals surface area contributed by atoms with Gasteiger partial charge < -0.3 is 19.9 Å². The van der Waals surface area contributed by atoms with E-state index < -0.39 is 12.6 Å². The van der Waals surface area contributed by atoms with Crippen LogP contribution in [0.5, 0.6) is 11.5 Å². The monoisotopic (exact) mass is 401 g/mol. The van der Waals surface area contributed by atoms with E-state index >= 15 is 0 Å². The number of nitrogens with one attached hydrogen (secondary N) is 2. The average Bonchev–Trinajstić information content (AvgIpc) is 2.66. The van der Waals surface area contributed by atoms with Crippen LogP contribution >= 0.6 is 12.2 Å². The van der Waals surface area contributed by atoms with Crippen LogP contribution < -0.4 is 20.2 Å². The minimum absolute atomic E-state index is 0.349. The first-order valence-electron chi connectivity index (χ1n) is 8.51. The minimum Gasteiger partial charge on any atom is -0.493 e. The minimum atomic E-state index is -1.06. The predicted molar refractivity (Wildman–Crippen MR) is 114 cm³/mol. The number of benzene rings is 2. The fraction of sp³-hybridized carbons (Fsp3) is 0.250. The van der Waals surface area contributed by atoms with Gasteiger partial charge in [-0.05, 0) is 62.8 Å². The largest absolute Gasteiger partial charge is 0.493 e. The fourth-order valence-electron chi connectivity index (χ4n) is 2.45. The number of hydrogen-bond donors (Lipinski definition) is 3. The molecule has 0 aliphatic carbocycles. The molecule has 2 rings (SSSR count). The quantitative estimate of drug-likeness (QED) is 0.372. The topological polar surface area (TPSA) is 92.2 Å². The van der Waals surface area contributed by atoms with E-state index in [-0.39, 0.29) is 0 Å². The Bertz CT molecular complexity index is 912. The maximum Gasteiger partial charge on any atom is 0.341 e. The van der Waals surface area contributed by atoms with Crippen LogP contribution in [0.1, 0.15) is 23.6 Å². The molecule has 0 heterocycles. The number of ether oxygens (including phenoxy) is 2. The second-order valence-corrected chi connectivity index (χ2v) is 6.54. The zero-order chi connectivity index (χ0) is 20.7. The molecule has 0 atom stereocenters. The first kappa shape index (κ1) is 21.2. The number of hydrogen-bond acceptors (Lipinski definition) is 5. The summed E-state index contributed by atoms with van der Waals surface area (Å²) in [6.07, 6.45) is 0. The van der Waals surface area contributed by atoms with Crippen molar-refractivity contribution in [2.24, 2.45) is 5.10 Å². The number of anilines is 1. The third-order valence-electron chi connectivity index (χ3n) is 3.89. The summed E-state index contributed by atoms with van der Waals surface area (Å²) in [5.41, 5.74) is 7.46. The van der Waals surface area contributed by atoms with Crippen molar-refractivity contribution in [3.63, 3.8) is 0 Å². The van der Waals surface area contributed by atoms with Crippen LogP contribution in [0.2, 0.25) is 0 Å². The molecule has 0 spiro atoms. The van der Waals surface area contributed by atoms with Crippen molar-refractivity contribution in [3.8, 4) is 11.5 Å². The van der Waals surface area contributed by atoms with Gasteiger partial charge in [-0.1, -0.05) is 17.7 Å². The van der Waals surface area contributed by atoms with Crippen LogP contribution in [0.3, 0.4) is 0 Å². The van der Waals surface area contributed by atoms with Gasteiger partial charge in [-0.2, -0.15) is 5.10 Å². The maximum absolute atomic E-state index is 10.7. The van der Waals surface area contributed by atoms with Crippen molar-refractivity contribution in [2.75, 3.05) is 19.0 Å². The summed E-state index contributed by atoms with van der Waals surface area (Å²) in [6, 6.07) is 11.2. The van der Waals surface area contributed by atoms with Gasteiger partial charge in [0.2, 0.25) is 0 Å². The van der Waals surface area contributed by atoms with Crippen LogP contribution in [0.4, 0.5) is 5.69 Å². The molecule has 0 unspecified atom stereocenters. The third-order valence-corrected chi connectivity index (χ3v) is 4.08. The molecular formula is C20H23N3O4S. The summed E-state index contributed by atoms with van der Waals surface area (Å²) in [5, 5.41) is 16.5. The van der Waals surface area contributed by atoms with Gasteiger partial charge in [-0.15, -0.1) is 0 Å². The molecule has 0 amide bonds. The number of nitrogens with zero attached hydrogens (tertiary/aromatic N) is 1. The molecule has 0 aromatic heterocycles. The summed E-state index contributed by atoms with van der Waals surface area (Å²) < 4.78 is 10.5. The van der Waals surface area contributed by atoms with Crippen molar-refractivity contribution in [2.45, 2.75) is 20.8 Å². The molecule has 8 heteroatoms. The van der Waals surface area contributed by atoms with E-state index in [2.05, 4.69) is 21.9 Å². The van der Waals surface area contributed by atoms with Gasteiger partial charge in [0, 0.05) is 11.3 Å². The van der Waals surface area contributed by atoms with Crippen molar-refractivity contribution < 1.29 is 19.4 Å². The van der Waals surface area contributed by atoms with E-state index in [0.29, 0.717) is 22.3 Å². The maximum atomic E-state index is 10.7. The zero-order valence-corrected chi connectivity index (χ0v) is 17.0. The Balaban J connectivity index is 2.05. The highest BCUT2D eigenvalue weighted by Crippen LogP contribution is 2.28. The number of carboxylic acid groups (broad SMARTS) is 1. The third kappa shape index (κ3) is 5.95. The molecule has 0 aliphatic heterocycles. The SMILES string of the molecule is COc1cc(/C(C)=N\NC(=S)Nc2ccc(C)cc2C)ccc1OCC(=O)O. The number of hydrazone groups is 1. The van der Waals surface area contributed by atoms with Gasteiger partial charge in [-0.25, -0.2) is 4.79 Å². The average molecular weight is 401 g/mol. The molecule has 148 valence electrons. The Hall–Kier alpha value is -3.13. The van der Waals surface area contributed by atoms with Gasteiger partial charge in [0.05, 0.1) is 12.8 Å². The molecule has 0 aliphatic rings. The molecule has 2 aromatic rings. The number of thiocarbonyl (C=S) groups is 1. The van der Waals surface area contributed by atoms with Crippen LogP contribution in [0.15, 0.2) is 41.5 Å². The number of aryl methyl sites for hydroxylation is 2. The van der Waals surface area contributed by atoms with Crippen molar-refractivity contribution in [1.29, 1.82) is 0 Å². The van der Waals surface area contributed by atoms with Crippen LogP contribution in [0.25, 0.3) is 0 Å². The molecule has 0 bridgehead atoms. The highest BCUT2D eigenvalue weighted by Gasteiger charge is 2.09. The van der Waals surface area contributed by atoms with Crippen LogP contribution in [-0.2, 0) is 4.79 Å². The van der Waals surface area contributed by atoms with E-state index in [1.54, 1.807) is 18.2 Å². The summed E-state index contributed by atoms with van der Waals surface area (Å²) >= 11 is 5.30. The van der Waals surface area contributed by atoms with Crippen LogP contribution in [-0.4, -0.2) is 35.6 Å². The Kier molecular flexibility index (Phi) is 7.34. The van der Waals surface area contributed by atoms with Crippen molar-refractivity contribution >= 4 is 34.7 Å². The first-order valence-corrected chi connectivity index (χ1v) is 8.92. The number of aliphatic carboxylic acids is 1. The normalized spacial score (nSPS) is 10.9. The highest BCUT2D eigenvalue weighted by molar-refractivity contribution is 7.80. The fourth-order valence-corrected chi connectivity index (χ4v) is 2.61. The van der Waals surface area contributed by atoms with E-state index in [4.69, 9.17) is 26.8 Å². The number of carbonyl (C=O) groups is 1. The number of methoxy groups -OCH3 is 1. The second kappa shape index (κ2) is 9.70.